The van der Waals surface area contributed by atoms with Crippen molar-refractivity contribution in [2.75, 3.05) is 13.1 Å². The zero-order valence-corrected chi connectivity index (χ0v) is 16.5. The Morgan fingerprint density at radius 2 is 1.80 bits per heavy atom. The van der Waals surface area contributed by atoms with Gasteiger partial charge in [0.1, 0.15) is 0 Å². The number of nitrogens with zero attached hydrogens (tertiary/aromatic N) is 3. The summed E-state index contributed by atoms with van der Waals surface area (Å²) in [6.45, 7) is 1.04. The zero-order valence-electron chi connectivity index (χ0n) is 15.7. The Bertz CT molecular complexity index is 1030. The molecule has 1 atom stereocenters. The van der Waals surface area contributed by atoms with Crippen molar-refractivity contribution in [3.8, 4) is 11.5 Å². The molecule has 1 saturated heterocycles. The molecule has 5 nitrogen and oxygen atoms in total. The summed E-state index contributed by atoms with van der Waals surface area (Å²) in [5, 5.41) is 4.60. The topological polar surface area (TPSA) is 59.2 Å². The molecule has 1 fully saturated rings. The number of likely N-dealkylation sites (tertiary alicyclic amines) is 1. The van der Waals surface area contributed by atoms with Gasteiger partial charge in [0.2, 0.25) is 5.91 Å². The van der Waals surface area contributed by atoms with Gasteiger partial charge in [-0.2, -0.15) is 18.2 Å². The van der Waals surface area contributed by atoms with Crippen LogP contribution in [0.3, 0.4) is 0 Å². The van der Waals surface area contributed by atoms with E-state index in [0.717, 1.165) is 17.7 Å². The summed E-state index contributed by atoms with van der Waals surface area (Å²) in [6, 6.07) is 12.0. The molecule has 1 unspecified atom stereocenters. The lowest BCUT2D eigenvalue weighted by Gasteiger charge is -2.15. The second-order valence-corrected chi connectivity index (χ2v) is 7.59. The highest BCUT2D eigenvalue weighted by Gasteiger charge is 2.34. The minimum absolute atomic E-state index is 0.00911. The molecule has 0 aliphatic carbocycles. The largest absolute Gasteiger partial charge is 0.416 e. The normalized spacial score (nSPS) is 17.0. The van der Waals surface area contributed by atoms with Crippen molar-refractivity contribution >= 4 is 17.5 Å². The van der Waals surface area contributed by atoms with Gasteiger partial charge in [0, 0.05) is 36.0 Å². The molecule has 0 bridgehead atoms. The SMILES string of the molecule is O=C1CC(c2noc(-c3ccc(C(F)(F)F)cc3)n2)CN1CCc1ccc(Cl)cc1. The van der Waals surface area contributed by atoms with E-state index in [1.165, 1.54) is 12.1 Å². The summed E-state index contributed by atoms with van der Waals surface area (Å²) in [6.07, 6.45) is -3.43. The summed E-state index contributed by atoms with van der Waals surface area (Å²) >= 11 is 5.89. The van der Waals surface area contributed by atoms with Gasteiger partial charge in [-0.15, -0.1) is 0 Å². The van der Waals surface area contributed by atoms with E-state index in [0.29, 0.717) is 35.9 Å². The molecule has 3 aromatic rings. The van der Waals surface area contributed by atoms with Crippen molar-refractivity contribution < 1.29 is 22.5 Å². The molecular weight excluding hydrogens is 419 g/mol. The highest BCUT2D eigenvalue weighted by atomic mass is 35.5. The number of benzene rings is 2. The molecule has 4 rings (SSSR count). The van der Waals surface area contributed by atoms with Crippen LogP contribution in [-0.2, 0) is 17.4 Å². The molecule has 0 saturated carbocycles. The lowest BCUT2D eigenvalue weighted by Crippen LogP contribution is -2.27. The first-order valence-electron chi connectivity index (χ1n) is 9.33. The van der Waals surface area contributed by atoms with Crippen LogP contribution in [0.25, 0.3) is 11.5 Å². The number of carbonyl (C=O) groups is 1. The lowest BCUT2D eigenvalue weighted by molar-refractivity contribution is -0.137. The Morgan fingerprint density at radius 1 is 1.10 bits per heavy atom. The van der Waals surface area contributed by atoms with Crippen LogP contribution in [0.4, 0.5) is 13.2 Å². The third-order valence-corrected chi connectivity index (χ3v) is 5.32. The van der Waals surface area contributed by atoms with Crippen LogP contribution < -0.4 is 0 Å². The predicted octanol–water partition coefficient (Wildman–Crippen LogP) is 4.97. The monoisotopic (exact) mass is 435 g/mol. The van der Waals surface area contributed by atoms with Crippen molar-refractivity contribution in [2.45, 2.75) is 24.9 Å². The molecule has 1 aliphatic heterocycles. The van der Waals surface area contributed by atoms with Gasteiger partial charge in [0.05, 0.1) is 5.56 Å². The number of aromatic nitrogens is 2. The van der Waals surface area contributed by atoms with Crippen molar-refractivity contribution in [3.63, 3.8) is 0 Å². The summed E-state index contributed by atoms with van der Waals surface area (Å²) in [5.74, 6) is 0.308. The Hall–Kier alpha value is -2.87. The van der Waals surface area contributed by atoms with Gasteiger partial charge < -0.3 is 9.42 Å². The van der Waals surface area contributed by atoms with E-state index >= 15 is 0 Å². The molecule has 0 N–H and O–H groups in total. The summed E-state index contributed by atoms with van der Waals surface area (Å²) in [5.41, 5.74) is 0.731. The number of alkyl halides is 3. The van der Waals surface area contributed by atoms with Gasteiger partial charge in [-0.3, -0.25) is 4.79 Å². The van der Waals surface area contributed by atoms with Gasteiger partial charge in [0.25, 0.3) is 5.89 Å². The van der Waals surface area contributed by atoms with Crippen LogP contribution in [0, 0.1) is 0 Å². The predicted molar refractivity (Wildman–Crippen MR) is 104 cm³/mol. The average molecular weight is 436 g/mol. The van der Waals surface area contributed by atoms with Gasteiger partial charge in [-0.1, -0.05) is 28.9 Å². The van der Waals surface area contributed by atoms with Gasteiger partial charge in [-0.25, -0.2) is 0 Å². The molecule has 9 heteroatoms. The fourth-order valence-electron chi connectivity index (χ4n) is 3.40. The lowest BCUT2D eigenvalue weighted by atomic mass is 10.1. The smallest absolute Gasteiger partial charge is 0.342 e. The molecule has 1 aliphatic rings. The van der Waals surface area contributed by atoms with Crippen LogP contribution in [0.2, 0.25) is 5.02 Å². The number of halogens is 4. The minimum Gasteiger partial charge on any atom is -0.342 e. The van der Waals surface area contributed by atoms with E-state index in [9.17, 15) is 18.0 Å². The van der Waals surface area contributed by atoms with E-state index in [1.54, 1.807) is 4.90 Å². The first kappa shape index (κ1) is 20.4. The molecule has 1 amide bonds. The Balaban J connectivity index is 1.40. The number of hydrogen-bond donors (Lipinski definition) is 0. The standard InChI is InChI=1S/C21H17ClF3N3O2/c22-17-7-1-13(2-8-17)9-10-28-12-15(11-18(28)29)19-26-20(30-27-19)14-3-5-16(6-4-14)21(23,24)25/h1-8,15H,9-12H2. The highest BCUT2D eigenvalue weighted by Crippen LogP contribution is 2.32. The van der Waals surface area contributed by atoms with E-state index < -0.39 is 11.7 Å². The summed E-state index contributed by atoms with van der Waals surface area (Å²) < 4.78 is 43.3. The van der Waals surface area contributed by atoms with Crippen LogP contribution in [0.15, 0.2) is 53.1 Å². The molecule has 2 heterocycles. The third-order valence-electron chi connectivity index (χ3n) is 5.06. The fraction of sp³-hybridized carbons (Fsp3) is 0.286. The average Bonchev–Trinajstić information content (AvgIpc) is 3.34. The van der Waals surface area contributed by atoms with Gasteiger partial charge in [-0.05, 0) is 48.4 Å². The van der Waals surface area contributed by atoms with Gasteiger partial charge in [0.15, 0.2) is 5.82 Å². The molecule has 30 heavy (non-hydrogen) atoms. The molecule has 2 aromatic carbocycles. The highest BCUT2D eigenvalue weighted by molar-refractivity contribution is 6.30. The van der Waals surface area contributed by atoms with Crippen molar-refractivity contribution in [3.05, 3.63) is 70.5 Å². The van der Waals surface area contributed by atoms with Crippen LogP contribution >= 0.6 is 11.6 Å². The summed E-state index contributed by atoms with van der Waals surface area (Å²) in [4.78, 5) is 18.4. The Labute approximate surface area is 175 Å². The van der Waals surface area contributed by atoms with E-state index in [1.807, 2.05) is 24.3 Å². The first-order valence-corrected chi connectivity index (χ1v) is 9.71. The van der Waals surface area contributed by atoms with E-state index in [4.69, 9.17) is 16.1 Å². The fourth-order valence-corrected chi connectivity index (χ4v) is 3.52. The maximum atomic E-state index is 12.7. The molecule has 1 aromatic heterocycles. The second kappa shape index (κ2) is 8.10. The van der Waals surface area contributed by atoms with Gasteiger partial charge >= 0.3 is 6.18 Å². The van der Waals surface area contributed by atoms with E-state index in [-0.39, 0.29) is 24.1 Å². The molecule has 156 valence electrons. The Kier molecular flexibility index (Phi) is 5.51. The van der Waals surface area contributed by atoms with Crippen molar-refractivity contribution in [1.29, 1.82) is 0 Å². The van der Waals surface area contributed by atoms with Crippen molar-refractivity contribution in [2.24, 2.45) is 0 Å². The maximum absolute atomic E-state index is 12.7. The second-order valence-electron chi connectivity index (χ2n) is 7.15. The molecule has 0 spiro atoms. The molecular formula is C21H17ClF3N3O2. The number of carbonyl (C=O) groups excluding carboxylic acids is 1. The minimum atomic E-state index is -4.40. The Morgan fingerprint density at radius 3 is 2.47 bits per heavy atom. The van der Waals surface area contributed by atoms with Crippen molar-refractivity contribution in [1.82, 2.24) is 15.0 Å². The van der Waals surface area contributed by atoms with Crippen LogP contribution in [-0.4, -0.2) is 34.0 Å². The number of rotatable bonds is 5. The quantitative estimate of drug-likeness (QED) is 0.568. The summed E-state index contributed by atoms with van der Waals surface area (Å²) in [7, 11) is 0. The third kappa shape index (κ3) is 4.48. The number of amides is 1. The van der Waals surface area contributed by atoms with E-state index in [2.05, 4.69) is 10.1 Å². The number of hydrogen-bond acceptors (Lipinski definition) is 4. The first-order chi connectivity index (χ1) is 14.3. The molecule has 0 radical (unpaired) electrons. The zero-order chi connectivity index (χ0) is 21.3. The van der Waals surface area contributed by atoms with Crippen LogP contribution in [0.1, 0.15) is 29.3 Å². The van der Waals surface area contributed by atoms with Crippen LogP contribution in [0.5, 0.6) is 0 Å². The maximum Gasteiger partial charge on any atom is 0.416 e.